The molecular weight excluding hydrogens is 471 g/mol. The zero-order valence-corrected chi connectivity index (χ0v) is 19.9. The molecule has 0 unspecified atom stereocenters. The number of aliphatic hydroxyl groups excluding tert-OH is 1. The number of nitrogens with zero attached hydrogens (tertiary/aromatic N) is 2. The van der Waals surface area contributed by atoms with Crippen LogP contribution in [0.2, 0.25) is 5.02 Å². The maximum absolute atomic E-state index is 13.3. The predicted molar refractivity (Wildman–Crippen MR) is 135 cm³/mol. The molecule has 3 N–H and O–H groups in total. The van der Waals surface area contributed by atoms with E-state index in [1.54, 1.807) is 30.3 Å². The normalized spacial score (nSPS) is 11.1. The third-order valence-electron chi connectivity index (χ3n) is 5.16. The summed E-state index contributed by atoms with van der Waals surface area (Å²) in [6.45, 7) is 3.96. The first kappa shape index (κ1) is 26.0. The summed E-state index contributed by atoms with van der Waals surface area (Å²) in [4.78, 5) is 27.7. The van der Waals surface area contributed by atoms with Crippen molar-refractivity contribution in [3.63, 3.8) is 0 Å². The molecule has 0 atom stereocenters. The molecule has 0 spiro atoms. The van der Waals surface area contributed by atoms with E-state index in [9.17, 15) is 19.1 Å². The minimum atomic E-state index is -0.591. The Labute approximate surface area is 208 Å². The lowest BCUT2D eigenvalue weighted by atomic mass is 10.1. The molecule has 3 aromatic rings. The van der Waals surface area contributed by atoms with Gasteiger partial charge in [0.25, 0.3) is 11.8 Å². The number of carbonyl (C=O) groups is 2. The Kier molecular flexibility index (Phi) is 9.48. The zero-order chi connectivity index (χ0) is 25.2. The third kappa shape index (κ3) is 7.71. The van der Waals surface area contributed by atoms with Crippen LogP contribution in [-0.4, -0.2) is 47.7 Å². The Morgan fingerprint density at radius 1 is 1.09 bits per heavy atom. The molecule has 7 nitrogen and oxygen atoms in total. The Balaban J connectivity index is 1.73. The van der Waals surface area contributed by atoms with Gasteiger partial charge in [-0.15, -0.1) is 0 Å². The van der Waals surface area contributed by atoms with E-state index in [4.69, 9.17) is 11.6 Å². The first-order valence-corrected chi connectivity index (χ1v) is 11.4. The van der Waals surface area contributed by atoms with Crippen molar-refractivity contribution in [2.75, 3.05) is 25.0 Å². The first-order valence-electron chi connectivity index (χ1n) is 11.0. The van der Waals surface area contributed by atoms with E-state index >= 15 is 0 Å². The van der Waals surface area contributed by atoms with Crippen molar-refractivity contribution in [2.45, 2.75) is 13.5 Å². The number of benzene rings is 3. The molecule has 0 saturated heterocycles. The molecule has 0 radical (unpaired) electrons. The number of nitrogens with one attached hydrogen (secondary N) is 2. The second-order valence-corrected chi connectivity index (χ2v) is 8.13. The van der Waals surface area contributed by atoms with Crippen LogP contribution >= 0.6 is 11.6 Å². The van der Waals surface area contributed by atoms with Gasteiger partial charge in [0.1, 0.15) is 5.82 Å². The molecule has 0 aliphatic heterocycles. The molecular formula is C26H26ClFN4O3. The predicted octanol–water partition coefficient (Wildman–Crippen LogP) is 4.31. The van der Waals surface area contributed by atoms with Crippen LogP contribution in [0.3, 0.4) is 0 Å². The largest absolute Gasteiger partial charge is 0.395 e. The number of rotatable bonds is 10. The number of hydrogen-bond donors (Lipinski definition) is 3. The van der Waals surface area contributed by atoms with Gasteiger partial charge in [-0.2, -0.15) is 5.10 Å². The number of anilines is 1. The summed E-state index contributed by atoms with van der Waals surface area (Å²) in [5, 5.41) is 16.1. The molecule has 0 fully saturated rings. The van der Waals surface area contributed by atoms with Gasteiger partial charge >= 0.3 is 0 Å². The topological polar surface area (TPSA) is 94.0 Å². The summed E-state index contributed by atoms with van der Waals surface area (Å²) >= 11 is 6.08. The highest BCUT2D eigenvalue weighted by Crippen LogP contribution is 2.22. The molecule has 9 heteroatoms. The standard InChI is InChI=1S/C26H26ClFN4O3/c1-2-32(11-12-33)17-19-6-3-7-20(13-19)25(34)30-24-10-9-21(27)15-23(24)26(35)31-29-16-18-5-4-8-22(28)14-18/h3-10,13-16,33H,2,11-12,17H2,1H3,(H,30,34)(H,31,35). The van der Waals surface area contributed by atoms with Crippen molar-refractivity contribution in [1.29, 1.82) is 0 Å². The van der Waals surface area contributed by atoms with E-state index in [1.165, 1.54) is 36.5 Å². The molecule has 0 bridgehead atoms. The van der Waals surface area contributed by atoms with Crippen LogP contribution in [0.5, 0.6) is 0 Å². The smallest absolute Gasteiger partial charge is 0.273 e. The quantitative estimate of drug-likeness (QED) is 0.288. The average Bonchev–Trinajstić information content (AvgIpc) is 2.85. The number of amides is 2. The Morgan fingerprint density at radius 3 is 2.63 bits per heavy atom. The maximum Gasteiger partial charge on any atom is 0.273 e. The van der Waals surface area contributed by atoms with Crippen LogP contribution in [0.4, 0.5) is 10.1 Å². The first-order chi connectivity index (χ1) is 16.9. The highest BCUT2D eigenvalue weighted by atomic mass is 35.5. The fraction of sp³-hybridized carbons (Fsp3) is 0.192. The lowest BCUT2D eigenvalue weighted by Gasteiger charge is -2.19. The van der Waals surface area contributed by atoms with Crippen LogP contribution in [0.15, 0.2) is 71.8 Å². The number of likely N-dealkylation sites (N-methyl/N-ethyl adjacent to an activating group) is 1. The molecule has 0 heterocycles. The number of hydrogen-bond acceptors (Lipinski definition) is 5. The minimum absolute atomic E-state index is 0.0572. The van der Waals surface area contributed by atoms with Crippen LogP contribution in [0.25, 0.3) is 0 Å². The SMILES string of the molecule is CCN(CCO)Cc1cccc(C(=O)Nc2ccc(Cl)cc2C(=O)NN=Cc2cccc(F)c2)c1. The van der Waals surface area contributed by atoms with Gasteiger partial charge in [-0.05, 0) is 60.1 Å². The third-order valence-corrected chi connectivity index (χ3v) is 5.40. The van der Waals surface area contributed by atoms with Crippen molar-refractivity contribution in [2.24, 2.45) is 5.10 Å². The summed E-state index contributed by atoms with van der Waals surface area (Å²) in [6, 6.07) is 17.4. The van der Waals surface area contributed by atoms with Gasteiger partial charge in [0.15, 0.2) is 0 Å². The van der Waals surface area contributed by atoms with E-state index in [2.05, 4.69) is 20.7 Å². The van der Waals surface area contributed by atoms with Gasteiger partial charge in [0.05, 0.1) is 24.1 Å². The lowest BCUT2D eigenvalue weighted by Crippen LogP contribution is -2.26. The van der Waals surface area contributed by atoms with Gasteiger partial charge in [0, 0.05) is 23.7 Å². The summed E-state index contributed by atoms with van der Waals surface area (Å²) in [5.41, 5.74) is 4.58. The molecule has 0 aliphatic rings. The highest BCUT2D eigenvalue weighted by molar-refractivity contribution is 6.31. The van der Waals surface area contributed by atoms with Gasteiger partial charge in [-0.1, -0.05) is 42.8 Å². The van der Waals surface area contributed by atoms with E-state index in [0.29, 0.717) is 29.2 Å². The molecule has 3 aromatic carbocycles. The van der Waals surface area contributed by atoms with Crippen LogP contribution in [0, 0.1) is 5.82 Å². The van der Waals surface area contributed by atoms with Gasteiger partial charge in [-0.25, -0.2) is 9.82 Å². The molecule has 0 aliphatic carbocycles. The number of carbonyl (C=O) groups excluding carboxylic acids is 2. The van der Waals surface area contributed by atoms with E-state index in [1.807, 2.05) is 13.0 Å². The maximum atomic E-state index is 13.3. The molecule has 2 amide bonds. The second kappa shape index (κ2) is 12.8. The van der Waals surface area contributed by atoms with Crippen LogP contribution in [0.1, 0.15) is 38.8 Å². The van der Waals surface area contributed by atoms with Gasteiger partial charge in [-0.3, -0.25) is 14.5 Å². The van der Waals surface area contributed by atoms with Gasteiger partial charge < -0.3 is 10.4 Å². The Hall–Kier alpha value is -3.59. The van der Waals surface area contributed by atoms with E-state index in [-0.39, 0.29) is 17.9 Å². The number of aliphatic hydroxyl groups is 1. The molecule has 0 saturated carbocycles. The van der Waals surface area contributed by atoms with Crippen molar-refractivity contribution < 1.29 is 19.1 Å². The minimum Gasteiger partial charge on any atom is -0.395 e. The lowest BCUT2D eigenvalue weighted by molar-refractivity contribution is 0.0956. The second-order valence-electron chi connectivity index (χ2n) is 7.69. The molecule has 0 aromatic heterocycles. The number of hydrazone groups is 1. The fourth-order valence-electron chi connectivity index (χ4n) is 3.38. The fourth-order valence-corrected chi connectivity index (χ4v) is 3.55. The van der Waals surface area contributed by atoms with E-state index < -0.39 is 17.6 Å². The highest BCUT2D eigenvalue weighted by Gasteiger charge is 2.16. The zero-order valence-electron chi connectivity index (χ0n) is 19.2. The van der Waals surface area contributed by atoms with Crippen molar-refractivity contribution >= 4 is 35.3 Å². The summed E-state index contributed by atoms with van der Waals surface area (Å²) < 4.78 is 13.3. The van der Waals surface area contributed by atoms with Crippen molar-refractivity contribution in [3.05, 3.63) is 99.8 Å². The van der Waals surface area contributed by atoms with Gasteiger partial charge in [0.2, 0.25) is 0 Å². The Bertz CT molecular complexity index is 1220. The van der Waals surface area contributed by atoms with Crippen molar-refractivity contribution in [3.8, 4) is 0 Å². The summed E-state index contributed by atoms with van der Waals surface area (Å²) in [7, 11) is 0. The molecule has 35 heavy (non-hydrogen) atoms. The van der Waals surface area contributed by atoms with Crippen LogP contribution in [-0.2, 0) is 6.54 Å². The summed E-state index contributed by atoms with van der Waals surface area (Å²) in [5.74, 6) is -1.40. The van der Waals surface area contributed by atoms with E-state index in [0.717, 1.165) is 12.1 Å². The summed E-state index contributed by atoms with van der Waals surface area (Å²) in [6.07, 6.45) is 1.31. The number of halogens is 2. The molecule has 182 valence electrons. The van der Waals surface area contributed by atoms with Crippen molar-refractivity contribution in [1.82, 2.24) is 10.3 Å². The molecule has 3 rings (SSSR count). The Morgan fingerprint density at radius 2 is 1.89 bits per heavy atom. The average molecular weight is 497 g/mol. The monoisotopic (exact) mass is 496 g/mol. The van der Waals surface area contributed by atoms with Crippen LogP contribution < -0.4 is 10.7 Å².